The Morgan fingerprint density at radius 1 is 1.00 bits per heavy atom. The predicted octanol–water partition coefficient (Wildman–Crippen LogP) is 0.111. The molecule has 10 heteroatoms. The van der Waals surface area contributed by atoms with Crippen LogP contribution in [0.3, 0.4) is 0 Å². The lowest BCUT2D eigenvalue weighted by molar-refractivity contribution is -0.141. The summed E-state index contributed by atoms with van der Waals surface area (Å²) < 4.78 is 1.000. The minimum absolute atomic E-state index is 0.0447. The van der Waals surface area contributed by atoms with Crippen molar-refractivity contribution in [2.75, 3.05) is 6.54 Å². The van der Waals surface area contributed by atoms with Gasteiger partial charge in [0.25, 0.3) is 29.2 Å². The molecule has 4 amide bonds. The molecular formula is C21H24N4O6. The van der Waals surface area contributed by atoms with Crippen LogP contribution in [0.1, 0.15) is 42.3 Å². The Bertz CT molecular complexity index is 1150. The number of primary amides is 2. The average molecular weight is 428 g/mol. The number of aromatic hydroxyl groups is 1. The second-order valence-corrected chi connectivity index (χ2v) is 6.81. The zero-order valence-electron chi connectivity index (χ0n) is 17.7. The summed E-state index contributed by atoms with van der Waals surface area (Å²) in [6.07, 6.45) is 4.09. The number of hydrogen-bond acceptors (Lipinski definition) is 6. The first kappa shape index (κ1) is 23.3. The smallest absolute Gasteiger partial charge is 0.266 e. The first-order chi connectivity index (χ1) is 14.5. The number of imide groups is 1. The molecule has 1 aliphatic rings. The van der Waals surface area contributed by atoms with Crippen LogP contribution in [-0.2, 0) is 20.9 Å². The van der Waals surface area contributed by atoms with Gasteiger partial charge in [-0.25, -0.2) is 0 Å². The molecule has 2 rings (SSSR count). The molecular weight excluding hydrogens is 404 g/mol. The number of rotatable bonds is 6. The molecule has 0 saturated carbocycles. The van der Waals surface area contributed by atoms with Gasteiger partial charge in [-0.1, -0.05) is 6.08 Å². The van der Waals surface area contributed by atoms with Crippen LogP contribution in [0.25, 0.3) is 6.08 Å². The Hall–Kier alpha value is -3.95. The van der Waals surface area contributed by atoms with Gasteiger partial charge in [-0.2, -0.15) is 0 Å². The molecule has 0 unspecified atom stereocenters. The molecule has 0 aliphatic carbocycles. The van der Waals surface area contributed by atoms with Crippen molar-refractivity contribution in [3.05, 3.63) is 55.9 Å². The summed E-state index contributed by atoms with van der Waals surface area (Å²) in [6, 6.07) is 0. The van der Waals surface area contributed by atoms with E-state index in [0.717, 1.165) is 9.47 Å². The molecule has 2 heterocycles. The van der Waals surface area contributed by atoms with Crippen LogP contribution in [0.5, 0.6) is 5.88 Å². The maximum Gasteiger partial charge on any atom is 0.266 e. The highest BCUT2D eigenvalue weighted by Gasteiger charge is 2.36. The highest BCUT2D eigenvalue weighted by molar-refractivity contribution is 6.27. The summed E-state index contributed by atoms with van der Waals surface area (Å²) in [6.45, 7) is 6.25. The number of carbonyl (C=O) groups excluding carboxylic acids is 4. The third kappa shape index (κ3) is 3.91. The fourth-order valence-electron chi connectivity index (χ4n) is 3.47. The molecule has 5 N–H and O–H groups in total. The molecule has 1 aliphatic heterocycles. The molecule has 0 saturated heterocycles. The average Bonchev–Trinajstić information content (AvgIpc) is 2.66. The predicted molar refractivity (Wildman–Crippen MR) is 113 cm³/mol. The molecule has 1 aromatic heterocycles. The fourth-order valence-corrected chi connectivity index (χ4v) is 3.47. The van der Waals surface area contributed by atoms with Crippen molar-refractivity contribution in [3.63, 3.8) is 0 Å². The lowest BCUT2D eigenvalue weighted by Crippen LogP contribution is -2.45. The number of allylic oxidation sites excluding steroid dienone is 2. The number of likely N-dealkylation sites (N-methyl/N-ethyl adjacent to an activating group) is 1. The van der Waals surface area contributed by atoms with Crippen LogP contribution in [0.15, 0.2) is 33.7 Å². The van der Waals surface area contributed by atoms with Crippen molar-refractivity contribution in [3.8, 4) is 5.88 Å². The van der Waals surface area contributed by atoms with Crippen LogP contribution >= 0.6 is 0 Å². The van der Waals surface area contributed by atoms with Crippen LogP contribution < -0.4 is 17.0 Å². The first-order valence-electron chi connectivity index (χ1n) is 9.51. The van der Waals surface area contributed by atoms with Gasteiger partial charge in [-0.15, -0.1) is 0 Å². The zero-order valence-corrected chi connectivity index (χ0v) is 17.7. The minimum atomic E-state index is -0.949. The van der Waals surface area contributed by atoms with E-state index in [0.29, 0.717) is 0 Å². The van der Waals surface area contributed by atoms with Gasteiger partial charge in [0.1, 0.15) is 11.1 Å². The number of pyridine rings is 1. The Morgan fingerprint density at radius 2 is 1.61 bits per heavy atom. The molecule has 0 spiro atoms. The monoisotopic (exact) mass is 428 g/mol. The van der Waals surface area contributed by atoms with E-state index < -0.39 is 35.1 Å². The van der Waals surface area contributed by atoms with Crippen molar-refractivity contribution in [2.45, 2.75) is 34.2 Å². The number of nitrogens with zero attached hydrogens (tertiary/aromatic N) is 2. The van der Waals surface area contributed by atoms with Gasteiger partial charge in [-0.3, -0.25) is 33.4 Å². The quantitative estimate of drug-likeness (QED) is 0.330. The molecule has 31 heavy (non-hydrogen) atoms. The molecule has 0 bridgehead atoms. The standard InChI is InChI=1S/C21H24N4O6/c1-5-24-18(28)12(10(3)14(16(22)26)20(24)30)8-7-9-13-11(4)15(17(23)27)21(31)25(6-2)19(13)29/h7-9,30H,5-6H2,1-4H3,(H2,22,26)(H2,23,27)/b8-7+,13-9-. The van der Waals surface area contributed by atoms with Gasteiger partial charge in [0.2, 0.25) is 5.88 Å². The van der Waals surface area contributed by atoms with E-state index in [4.69, 9.17) is 11.5 Å². The van der Waals surface area contributed by atoms with Gasteiger partial charge < -0.3 is 16.6 Å². The molecule has 0 fully saturated rings. The van der Waals surface area contributed by atoms with Crippen molar-refractivity contribution in [2.24, 2.45) is 11.5 Å². The lowest BCUT2D eigenvalue weighted by atomic mass is 9.93. The summed E-state index contributed by atoms with van der Waals surface area (Å²) in [5.74, 6) is -3.72. The van der Waals surface area contributed by atoms with Crippen LogP contribution in [0.2, 0.25) is 0 Å². The third-order valence-corrected chi connectivity index (χ3v) is 5.10. The SMILES string of the molecule is CCN1C(=O)C(C(N)=O)=C(C)/C(=C/C=C/c2c(C)c(C(N)=O)c(O)n(CC)c2=O)C1=O. The van der Waals surface area contributed by atoms with Crippen molar-refractivity contribution in [1.29, 1.82) is 0 Å². The van der Waals surface area contributed by atoms with E-state index in [9.17, 15) is 29.1 Å². The molecule has 164 valence electrons. The van der Waals surface area contributed by atoms with Gasteiger partial charge >= 0.3 is 0 Å². The largest absolute Gasteiger partial charge is 0.494 e. The number of hydrogen-bond donors (Lipinski definition) is 3. The topological polar surface area (TPSA) is 166 Å². The molecule has 1 aromatic rings. The molecule has 0 aromatic carbocycles. The second kappa shape index (κ2) is 8.82. The summed E-state index contributed by atoms with van der Waals surface area (Å²) in [4.78, 5) is 62.1. The molecule has 0 radical (unpaired) electrons. The van der Waals surface area contributed by atoms with E-state index in [1.807, 2.05) is 0 Å². The number of amides is 4. The summed E-state index contributed by atoms with van der Waals surface area (Å²) in [5, 5.41) is 10.2. The summed E-state index contributed by atoms with van der Waals surface area (Å²) >= 11 is 0. The normalized spacial score (nSPS) is 16.0. The van der Waals surface area contributed by atoms with Crippen molar-refractivity contribution in [1.82, 2.24) is 9.47 Å². The lowest BCUT2D eigenvalue weighted by Gasteiger charge is -2.27. The Kier molecular flexibility index (Phi) is 6.64. The highest BCUT2D eigenvalue weighted by atomic mass is 16.3. The minimum Gasteiger partial charge on any atom is -0.494 e. The Balaban J connectivity index is 2.68. The number of carbonyl (C=O) groups is 4. The Morgan fingerprint density at radius 3 is 2.10 bits per heavy atom. The first-order valence-corrected chi connectivity index (χ1v) is 9.51. The third-order valence-electron chi connectivity index (χ3n) is 5.10. The number of nitrogens with two attached hydrogens (primary N) is 2. The van der Waals surface area contributed by atoms with Gasteiger partial charge in [0, 0.05) is 24.2 Å². The van der Waals surface area contributed by atoms with Gasteiger partial charge in [0.05, 0.1) is 0 Å². The van der Waals surface area contributed by atoms with E-state index in [2.05, 4.69) is 0 Å². The van der Waals surface area contributed by atoms with Crippen LogP contribution in [0, 0.1) is 6.92 Å². The zero-order chi connectivity index (χ0) is 23.6. The highest BCUT2D eigenvalue weighted by Crippen LogP contribution is 2.26. The summed E-state index contributed by atoms with van der Waals surface area (Å²) in [7, 11) is 0. The van der Waals surface area contributed by atoms with Crippen molar-refractivity contribution >= 4 is 29.7 Å². The molecule has 10 nitrogen and oxygen atoms in total. The van der Waals surface area contributed by atoms with E-state index in [-0.39, 0.29) is 46.5 Å². The van der Waals surface area contributed by atoms with Crippen LogP contribution in [0.4, 0.5) is 0 Å². The van der Waals surface area contributed by atoms with Crippen LogP contribution in [-0.4, -0.2) is 44.7 Å². The Labute approximate surface area is 178 Å². The second-order valence-electron chi connectivity index (χ2n) is 6.81. The maximum absolute atomic E-state index is 12.7. The van der Waals surface area contributed by atoms with E-state index in [1.165, 1.54) is 32.1 Å². The van der Waals surface area contributed by atoms with Gasteiger partial charge in [-0.05, 0) is 51.0 Å². The number of aromatic nitrogens is 1. The van der Waals surface area contributed by atoms with Gasteiger partial charge in [0.15, 0.2) is 0 Å². The summed E-state index contributed by atoms with van der Waals surface area (Å²) in [5.41, 5.74) is 10.1. The molecule has 0 atom stereocenters. The van der Waals surface area contributed by atoms with E-state index in [1.54, 1.807) is 13.8 Å². The maximum atomic E-state index is 12.7. The van der Waals surface area contributed by atoms with Crippen molar-refractivity contribution < 1.29 is 24.3 Å². The fraction of sp³-hybridized carbons (Fsp3) is 0.286. The van der Waals surface area contributed by atoms with E-state index >= 15 is 0 Å².